The number of nitrogens with zero attached hydrogens (tertiary/aromatic N) is 3. The molecule has 1 amide bonds. The molecule has 0 saturated heterocycles. The molecule has 0 atom stereocenters. The van der Waals surface area contributed by atoms with Gasteiger partial charge in [0.15, 0.2) is 11.5 Å². The summed E-state index contributed by atoms with van der Waals surface area (Å²) >= 11 is 0. The van der Waals surface area contributed by atoms with Crippen molar-refractivity contribution in [2.75, 3.05) is 46.3 Å². The van der Waals surface area contributed by atoms with Crippen LogP contribution in [0.1, 0.15) is 27.3 Å². The molecule has 28 heavy (non-hydrogen) atoms. The fourth-order valence-electron chi connectivity index (χ4n) is 3.24. The van der Waals surface area contributed by atoms with Crippen molar-refractivity contribution in [1.82, 2.24) is 14.9 Å². The summed E-state index contributed by atoms with van der Waals surface area (Å²) in [6, 6.07) is 5.65. The van der Waals surface area contributed by atoms with Crippen molar-refractivity contribution in [3.8, 4) is 11.5 Å². The maximum absolute atomic E-state index is 13.0. The van der Waals surface area contributed by atoms with Crippen LogP contribution >= 0.6 is 0 Å². The maximum atomic E-state index is 13.0. The lowest BCUT2D eigenvalue weighted by atomic mass is 9.98. The summed E-state index contributed by atoms with van der Waals surface area (Å²) < 4.78 is 15.8. The molecule has 0 bridgehead atoms. The maximum Gasteiger partial charge on any atom is 0.272 e. The Morgan fingerprint density at radius 3 is 2.50 bits per heavy atom. The molecule has 1 aliphatic heterocycles. The Kier molecular flexibility index (Phi) is 6.30. The highest BCUT2D eigenvalue weighted by atomic mass is 16.5. The van der Waals surface area contributed by atoms with Crippen LogP contribution < -0.4 is 14.8 Å². The van der Waals surface area contributed by atoms with E-state index in [9.17, 15) is 4.79 Å². The van der Waals surface area contributed by atoms with Crippen molar-refractivity contribution in [3.05, 3.63) is 40.7 Å². The number of nitrogens with one attached hydrogen (secondary N) is 1. The topological polar surface area (TPSA) is 85.8 Å². The molecule has 0 spiro atoms. The molecular weight excluding hydrogens is 360 g/mol. The monoisotopic (exact) mass is 386 g/mol. The fourth-order valence-corrected chi connectivity index (χ4v) is 3.24. The molecule has 1 aliphatic rings. The van der Waals surface area contributed by atoms with Crippen LogP contribution in [0.2, 0.25) is 0 Å². The lowest BCUT2D eigenvalue weighted by molar-refractivity contribution is 0.0728. The van der Waals surface area contributed by atoms with E-state index in [1.165, 1.54) is 5.56 Å². The summed E-state index contributed by atoms with van der Waals surface area (Å²) in [6.45, 7) is 4.09. The van der Waals surface area contributed by atoms with E-state index >= 15 is 0 Å². The number of amides is 1. The molecule has 1 aromatic carbocycles. The minimum atomic E-state index is -0.110. The van der Waals surface area contributed by atoms with Gasteiger partial charge in [0.2, 0.25) is 5.95 Å². The van der Waals surface area contributed by atoms with Gasteiger partial charge in [0, 0.05) is 32.4 Å². The standard InChI is InChI=1S/C20H26N4O4/c1-13-9-16(23-20(22-13)21-6-8-26-2)19(25)24-7-5-14-10-17(27-3)18(28-4)11-15(14)12-24/h9-11H,5-8,12H2,1-4H3,(H,21,22,23). The zero-order chi connectivity index (χ0) is 20.1. The normalized spacial score (nSPS) is 13.1. The molecule has 0 fully saturated rings. The Morgan fingerprint density at radius 1 is 1.11 bits per heavy atom. The number of benzene rings is 1. The first-order valence-corrected chi connectivity index (χ1v) is 9.17. The third kappa shape index (κ3) is 4.33. The number of aryl methyl sites for hydroxylation is 1. The Labute approximate surface area is 164 Å². The highest BCUT2D eigenvalue weighted by Gasteiger charge is 2.25. The molecule has 8 heteroatoms. The van der Waals surface area contributed by atoms with Gasteiger partial charge in [-0.2, -0.15) is 0 Å². The Hall–Kier alpha value is -2.87. The van der Waals surface area contributed by atoms with Crippen molar-refractivity contribution in [2.24, 2.45) is 0 Å². The summed E-state index contributed by atoms with van der Waals surface area (Å²) in [7, 11) is 4.86. The van der Waals surface area contributed by atoms with Gasteiger partial charge in [-0.3, -0.25) is 4.79 Å². The summed E-state index contributed by atoms with van der Waals surface area (Å²) in [5.41, 5.74) is 3.35. The number of hydrogen-bond donors (Lipinski definition) is 1. The van der Waals surface area contributed by atoms with Crippen molar-refractivity contribution in [3.63, 3.8) is 0 Å². The number of ether oxygens (including phenoxy) is 3. The number of carbonyl (C=O) groups excluding carboxylic acids is 1. The van der Waals surface area contributed by atoms with Gasteiger partial charge < -0.3 is 24.4 Å². The third-order valence-corrected chi connectivity index (χ3v) is 4.67. The second-order valence-corrected chi connectivity index (χ2v) is 6.59. The van der Waals surface area contributed by atoms with E-state index in [-0.39, 0.29) is 5.91 Å². The second kappa shape index (κ2) is 8.88. The number of hydrogen-bond acceptors (Lipinski definition) is 7. The number of rotatable bonds is 7. The predicted molar refractivity (Wildman–Crippen MR) is 105 cm³/mol. The number of methoxy groups -OCH3 is 3. The quantitative estimate of drug-likeness (QED) is 0.729. The molecule has 2 aromatic rings. The van der Waals surface area contributed by atoms with Crippen LogP contribution in [0.3, 0.4) is 0 Å². The van der Waals surface area contributed by atoms with Crippen molar-refractivity contribution in [1.29, 1.82) is 0 Å². The van der Waals surface area contributed by atoms with Gasteiger partial charge in [0.25, 0.3) is 5.91 Å². The van der Waals surface area contributed by atoms with E-state index in [2.05, 4.69) is 15.3 Å². The largest absolute Gasteiger partial charge is 0.493 e. The van der Waals surface area contributed by atoms with E-state index in [4.69, 9.17) is 14.2 Å². The molecule has 0 radical (unpaired) electrons. The first-order chi connectivity index (χ1) is 13.5. The highest BCUT2D eigenvalue weighted by molar-refractivity contribution is 5.92. The molecule has 1 N–H and O–H groups in total. The van der Waals surface area contributed by atoms with Crippen molar-refractivity contribution in [2.45, 2.75) is 19.9 Å². The van der Waals surface area contributed by atoms with E-state index in [1.807, 2.05) is 19.1 Å². The van der Waals surface area contributed by atoms with Gasteiger partial charge in [-0.05, 0) is 42.7 Å². The van der Waals surface area contributed by atoms with E-state index in [1.54, 1.807) is 32.3 Å². The first-order valence-electron chi connectivity index (χ1n) is 9.17. The van der Waals surface area contributed by atoms with Crippen molar-refractivity contribution >= 4 is 11.9 Å². The Bertz CT molecular complexity index is 856. The molecule has 0 saturated carbocycles. The number of anilines is 1. The smallest absolute Gasteiger partial charge is 0.272 e. The Morgan fingerprint density at radius 2 is 1.82 bits per heavy atom. The van der Waals surface area contributed by atoms with Crippen LogP contribution in [0.15, 0.2) is 18.2 Å². The fraction of sp³-hybridized carbons (Fsp3) is 0.450. The van der Waals surface area contributed by atoms with Crippen LogP contribution in [-0.4, -0.2) is 61.8 Å². The van der Waals surface area contributed by atoms with Crippen molar-refractivity contribution < 1.29 is 19.0 Å². The van der Waals surface area contributed by atoms with Gasteiger partial charge >= 0.3 is 0 Å². The molecule has 8 nitrogen and oxygen atoms in total. The average Bonchev–Trinajstić information content (AvgIpc) is 2.71. The summed E-state index contributed by atoms with van der Waals surface area (Å²) in [5.74, 6) is 1.70. The van der Waals surface area contributed by atoms with Crippen LogP contribution in [0.5, 0.6) is 11.5 Å². The average molecular weight is 386 g/mol. The van der Waals surface area contributed by atoms with Crippen LogP contribution in [-0.2, 0) is 17.7 Å². The van der Waals surface area contributed by atoms with Crippen LogP contribution in [0.25, 0.3) is 0 Å². The first kappa shape index (κ1) is 19.9. The van der Waals surface area contributed by atoms with Gasteiger partial charge in [0.1, 0.15) is 5.69 Å². The summed E-state index contributed by atoms with van der Waals surface area (Å²) in [6.07, 6.45) is 0.754. The number of fused-ring (bicyclic) bond motifs is 1. The summed E-state index contributed by atoms with van der Waals surface area (Å²) in [4.78, 5) is 23.6. The van der Waals surface area contributed by atoms with E-state index in [0.29, 0.717) is 49.4 Å². The Balaban J connectivity index is 1.79. The molecular formula is C20H26N4O4. The highest BCUT2D eigenvalue weighted by Crippen LogP contribution is 2.33. The summed E-state index contributed by atoms with van der Waals surface area (Å²) in [5, 5.41) is 3.08. The lowest BCUT2D eigenvalue weighted by Gasteiger charge is -2.29. The van der Waals surface area contributed by atoms with Gasteiger partial charge in [0.05, 0.1) is 20.8 Å². The lowest BCUT2D eigenvalue weighted by Crippen LogP contribution is -2.36. The minimum Gasteiger partial charge on any atom is -0.493 e. The SMILES string of the molecule is COCCNc1nc(C)cc(C(=O)N2CCc3cc(OC)c(OC)cc3C2)n1. The van der Waals surface area contributed by atoms with Gasteiger partial charge in [-0.25, -0.2) is 9.97 Å². The third-order valence-electron chi connectivity index (χ3n) is 4.67. The predicted octanol–water partition coefficient (Wildman–Crippen LogP) is 2.06. The van der Waals surface area contributed by atoms with Crippen LogP contribution in [0.4, 0.5) is 5.95 Å². The van der Waals surface area contributed by atoms with E-state index < -0.39 is 0 Å². The van der Waals surface area contributed by atoms with Crippen LogP contribution in [0, 0.1) is 6.92 Å². The molecule has 2 heterocycles. The molecule has 0 unspecified atom stereocenters. The molecule has 0 aliphatic carbocycles. The van der Waals surface area contributed by atoms with E-state index in [0.717, 1.165) is 17.7 Å². The van der Waals surface area contributed by atoms with Gasteiger partial charge in [-0.1, -0.05) is 0 Å². The zero-order valence-electron chi connectivity index (χ0n) is 16.7. The number of carbonyl (C=O) groups is 1. The molecule has 150 valence electrons. The molecule has 3 rings (SSSR count). The van der Waals surface area contributed by atoms with Gasteiger partial charge in [-0.15, -0.1) is 0 Å². The molecule has 1 aromatic heterocycles. The second-order valence-electron chi connectivity index (χ2n) is 6.59. The number of aromatic nitrogens is 2. The zero-order valence-corrected chi connectivity index (χ0v) is 16.7. The minimum absolute atomic E-state index is 0.110.